The zero-order valence-corrected chi connectivity index (χ0v) is 16.3. The molecule has 0 unspecified atom stereocenters. The zero-order valence-electron chi connectivity index (χ0n) is 14.7. The average molecular weight is 399 g/mol. The van der Waals surface area contributed by atoms with Crippen LogP contribution in [0.5, 0.6) is 0 Å². The van der Waals surface area contributed by atoms with Crippen LogP contribution in [0.25, 0.3) is 0 Å². The normalized spacial score (nSPS) is 19.3. The Morgan fingerprint density at radius 2 is 2.07 bits per heavy atom. The molecule has 0 bridgehead atoms. The predicted octanol–water partition coefficient (Wildman–Crippen LogP) is 3.81. The van der Waals surface area contributed by atoms with Crippen LogP contribution in [0, 0.1) is 17.2 Å². The van der Waals surface area contributed by atoms with Crippen LogP contribution >= 0.6 is 23.1 Å². The Morgan fingerprint density at radius 1 is 1.30 bits per heavy atom. The highest BCUT2D eigenvalue weighted by Gasteiger charge is 2.44. The van der Waals surface area contributed by atoms with Crippen molar-refractivity contribution in [3.8, 4) is 6.07 Å². The van der Waals surface area contributed by atoms with Crippen LogP contribution in [0.15, 0.2) is 58.4 Å². The summed E-state index contributed by atoms with van der Waals surface area (Å²) in [5, 5.41) is 15.0. The molecule has 1 aromatic carbocycles. The quantitative estimate of drug-likeness (QED) is 0.591. The molecule has 5 nitrogen and oxygen atoms in total. The number of rotatable bonds is 6. The van der Waals surface area contributed by atoms with Gasteiger partial charge in [-0.2, -0.15) is 5.26 Å². The van der Waals surface area contributed by atoms with Crippen molar-refractivity contribution in [2.45, 2.75) is 18.6 Å². The van der Waals surface area contributed by atoms with E-state index in [1.807, 2.05) is 47.8 Å². The molecule has 1 aliphatic rings. The molecule has 0 radical (unpaired) electrons. The maximum absolute atomic E-state index is 12.7. The van der Waals surface area contributed by atoms with Crippen LogP contribution < -0.4 is 5.32 Å². The van der Waals surface area contributed by atoms with Gasteiger partial charge in [0.2, 0.25) is 5.91 Å². The van der Waals surface area contributed by atoms with E-state index >= 15 is 0 Å². The number of amides is 1. The maximum atomic E-state index is 12.7. The minimum Gasteiger partial charge on any atom is -0.465 e. The summed E-state index contributed by atoms with van der Waals surface area (Å²) in [5.74, 6) is -2.10. The van der Waals surface area contributed by atoms with Gasteiger partial charge in [0.15, 0.2) is 0 Å². The molecule has 0 saturated carbocycles. The zero-order chi connectivity index (χ0) is 19.2. The van der Waals surface area contributed by atoms with Crippen LogP contribution in [0.1, 0.15) is 23.3 Å². The third kappa shape index (κ3) is 4.24. The fourth-order valence-electron chi connectivity index (χ4n) is 2.93. The van der Waals surface area contributed by atoms with Gasteiger partial charge in [-0.25, -0.2) is 0 Å². The lowest BCUT2D eigenvalue weighted by atomic mass is 9.82. The van der Waals surface area contributed by atoms with Crippen LogP contribution in [0.4, 0.5) is 0 Å². The number of benzene rings is 1. The van der Waals surface area contributed by atoms with Gasteiger partial charge in [0.1, 0.15) is 5.92 Å². The molecule has 0 aliphatic carbocycles. The van der Waals surface area contributed by atoms with Gasteiger partial charge in [-0.15, -0.1) is 23.1 Å². The van der Waals surface area contributed by atoms with Crippen molar-refractivity contribution in [1.82, 2.24) is 5.32 Å². The number of carbonyl (C=O) groups excluding carboxylic acids is 2. The van der Waals surface area contributed by atoms with Crippen molar-refractivity contribution in [1.29, 1.82) is 5.26 Å². The number of allylic oxidation sites excluding steroid dienone is 1. The first-order valence-electron chi connectivity index (χ1n) is 8.47. The lowest BCUT2D eigenvalue weighted by molar-refractivity contribution is -0.152. The second-order valence-electron chi connectivity index (χ2n) is 5.84. The fraction of sp³-hybridized carbons (Fsp3) is 0.250. The lowest BCUT2D eigenvalue weighted by Crippen LogP contribution is -2.44. The van der Waals surface area contributed by atoms with Gasteiger partial charge < -0.3 is 10.1 Å². The standard InChI is InChI=1S/C20H18N2O3S2/c1-2-25-20(24)17-16(15-9-6-10-26-15)14(11-21)19(22-18(17)23)27-12-13-7-4-3-5-8-13/h3-10,16-17H,2,12H2,1H3,(H,22,23)/t16-,17-/m1/s1. The SMILES string of the molecule is CCOC(=O)[C@H]1C(=O)NC(SCc2ccccc2)=C(C#N)[C@@H]1c1cccs1. The van der Waals surface area contributed by atoms with Crippen LogP contribution in [-0.2, 0) is 20.1 Å². The van der Waals surface area contributed by atoms with E-state index in [9.17, 15) is 14.9 Å². The van der Waals surface area contributed by atoms with Gasteiger partial charge in [0, 0.05) is 10.6 Å². The number of ether oxygens (including phenoxy) is 1. The van der Waals surface area contributed by atoms with Crippen LogP contribution in [0.3, 0.4) is 0 Å². The lowest BCUT2D eigenvalue weighted by Gasteiger charge is -2.30. The van der Waals surface area contributed by atoms with Crippen molar-refractivity contribution in [2.24, 2.45) is 5.92 Å². The number of nitrogens with zero attached hydrogens (tertiary/aromatic N) is 1. The van der Waals surface area contributed by atoms with Gasteiger partial charge in [0.25, 0.3) is 0 Å². The van der Waals surface area contributed by atoms with E-state index in [0.717, 1.165) is 10.4 Å². The number of thiophene rings is 1. The summed E-state index contributed by atoms with van der Waals surface area (Å²) in [6, 6.07) is 15.7. The van der Waals surface area contributed by atoms with Gasteiger partial charge in [-0.1, -0.05) is 36.4 Å². The molecular formula is C20H18N2O3S2. The summed E-state index contributed by atoms with van der Waals surface area (Å²) in [5.41, 5.74) is 1.48. The Balaban J connectivity index is 1.97. The summed E-state index contributed by atoms with van der Waals surface area (Å²) in [6.07, 6.45) is 0. The molecule has 1 N–H and O–H groups in total. The maximum Gasteiger partial charge on any atom is 0.319 e. The van der Waals surface area contributed by atoms with E-state index in [1.165, 1.54) is 23.1 Å². The van der Waals surface area contributed by atoms with Gasteiger partial charge in [-0.3, -0.25) is 9.59 Å². The first-order valence-corrected chi connectivity index (χ1v) is 10.3. The molecule has 1 aromatic heterocycles. The van der Waals surface area contributed by atoms with Crippen molar-refractivity contribution >= 4 is 35.0 Å². The average Bonchev–Trinajstić information content (AvgIpc) is 3.21. The molecule has 27 heavy (non-hydrogen) atoms. The second kappa shape index (κ2) is 8.89. The molecule has 3 rings (SSSR count). The molecular weight excluding hydrogens is 380 g/mol. The van der Waals surface area contributed by atoms with Crippen molar-refractivity contribution in [2.75, 3.05) is 6.61 Å². The predicted molar refractivity (Wildman–Crippen MR) is 106 cm³/mol. The highest BCUT2D eigenvalue weighted by atomic mass is 32.2. The third-order valence-electron chi connectivity index (χ3n) is 4.14. The van der Waals surface area contributed by atoms with Crippen LogP contribution in [0.2, 0.25) is 0 Å². The smallest absolute Gasteiger partial charge is 0.319 e. The number of hydrogen-bond acceptors (Lipinski definition) is 6. The molecule has 0 fully saturated rings. The number of nitrogens with one attached hydrogen (secondary N) is 1. The van der Waals surface area contributed by atoms with E-state index in [2.05, 4.69) is 11.4 Å². The minimum atomic E-state index is -1.06. The molecule has 0 saturated heterocycles. The summed E-state index contributed by atoms with van der Waals surface area (Å²) in [6.45, 7) is 1.88. The number of nitriles is 1. The van der Waals surface area contributed by atoms with Gasteiger partial charge in [0.05, 0.1) is 29.2 Å². The van der Waals surface area contributed by atoms with E-state index in [1.54, 1.807) is 6.92 Å². The highest BCUT2D eigenvalue weighted by molar-refractivity contribution is 8.02. The van der Waals surface area contributed by atoms with Crippen molar-refractivity contribution < 1.29 is 14.3 Å². The van der Waals surface area contributed by atoms with Gasteiger partial charge in [-0.05, 0) is 23.9 Å². The topological polar surface area (TPSA) is 79.2 Å². The van der Waals surface area contributed by atoms with E-state index in [0.29, 0.717) is 16.4 Å². The molecule has 138 valence electrons. The number of hydrogen-bond donors (Lipinski definition) is 1. The Labute approximate surface area is 166 Å². The molecule has 2 atom stereocenters. The van der Waals surface area contributed by atoms with E-state index in [4.69, 9.17) is 4.74 Å². The largest absolute Gasteiger partial charge is 0.465 e. The van der Waals surface area contributed by atoms with E-state index in [-0.39, 0.29) is 6.61 Å². The summed E-state index contributed by atoms with van der Waals surface area (Å²) >= 11 is 2.82. The number of thioether (sulfide) groups is 1. The van der Waals surface area contributed by atoms with Crippen LogP contribution in [-0.4, -0.2) is 18.5 Å². The Hall–Kier alpha value is -2.56. The first kappa shape index (κ1) is 19.2. The van der Waals surface area contributed by atoms with E-state index < -0.39 is 23.7 Å². The Kier molecular flexibility index (Phi) is 6.32. The second-order valence-corrected chi connectivity index (χ2v) is 7.81. The summed E-state index contributed by atoms with van der Waals surface area (Å²) < 4.78 is 5.10. The first-order chi connectivity index (χ1) is 13.2. The fourth-order valence-corrected chi connectivity index (χ4v) is 4.81. The Morgan fingerprint density at radius 3 is 2.70 bits per heavy atom. The molecule has 0 spiro atoms. The van der Waals surface area contributed by atoms with Crippen molar-refractivity contribution in [3.63, 3.8) is 0 Å². The highest BCUT2D eigenvalue weighted by Crippen LogP contribution is 2.42. The number of carbonyl (C=O) groups is 2. The number of esters is 1. The summed E-state index contributed by atoms with van der Waals surface area (Å²) in [7, 11) is 0. The molecule has 1 aliphatic heterocycles. The summed E-state index contributed by atoms with van der Waals surface area (Å²) in [4.78, 5) is 26.0. The monoisotopic (exact) mass is 398 g/mol. The third-order valence-corrected chi connectivity index (χ3v) is 6.19. The minimum absolute atomic E-state index is 0.182. The molecule has 7 heteroatoms. The molecule has 2 aromatic rings. The molecule has 1 amide bonds. The Bertz CT molecular complexity index is 886. The van der Waals surface area contributed by atoms with Gasteiger partial charge >= 0.3 is 5.97 Å². The van der Waals surface area contributed by atoms with Crippen molar-refractivity contribution in [3.05, 3.63) is 68.9 Å². The molecule has 2 heterocycles.